The highest BCUT2D eigenvalue weighted by atomic mass is 16.7. The molecule has 3 aromatic rings. The van der Waals surface area contributed by atoms with Crippen molar-refractivity contribution in [1.82, 2.24) is 0 Å². The molecule has 2 saturated heterocycles. The van der Waals surface area contributed by atoms with Crippen LogP contribution >= 0.6 is 0 Å². The highest BCUT2D eigenvalue weighted by molar-refractivity contribution is 6.68. The molecule has 0 bridgehead atoms. The van der Waals surface area contributed by atoms with Gasteiger partial charge in [-0.3, -0.25) is 0 Å². The number of anilines is 3. The van der Waals surface area contributed by atoms with Crippen molar-refractivity contribution in [3.8, 4) is 0 Å². The molecule has 0 unspecified atom stereocenters. The molecule has 5 rings (SSSR count). The molecule has 6 heteroatoms. The maximum atomic E-state index is 6.52. The minimum Gasteiger partial charge on any atom is -0.426 e. The first-order valence-electron chi connectivity index (χ1n) is 15.4. The van der Waals surface area contributed by atoms with Gasteiger partial charge in [-0.1, -0.05) is 63.6 Å². The van der Waals surface area contributed by atoms with E-state index in [4.69, 9.17) is 14.0 Å². The Hall–Kier alpha value is -2.53. The molecule has 0 radical (unpaired) electrons. The first-order chi connectivity index (χ1) is 19.2. The van der Waals surface area contributed by atoms with Crippen LogP contribution in [-0.4, -0.2) is 30.8 Å². The molecule has 0 spiro atoms. The van der Waals surface area contributed by atoms with E-state index in [1.54, 1.807) is 0 Å². The molecule has 0 aliphatic carbocycles. The minimum atomic E-state index is -0.375. The Morgan fingerprint density at radius 3 is 1.51 bits per heavy atom. The van der Waals surface area contributed by atoms with Gasteiger partial charge in [0.15, 0.2) is 0 Å². The van der Waals surface area contributed by atoms with Gasteiger partial charge in [-0.05, 0) is 119 Å². The Labute approximate surface area is 249 Å². The normalized spacial score (nSPS) is 20.4. The fraction of sp³-hybridized carbons (Fsp3) is 0.486. The number of hydrogen-bond donors (Lipinski definition) is 0. The molecular weight excluding hydrogens is 504 g/mol. The van der Waals surface area contributed by atoms with E-state index < -0.39 is 0 Å². The van der Waals surface area contributed by atoms with Gasteiger partial charge < -0.3 is 18.9 Å². The van der Waals surface area contributed by atoms with Gasteiger partial charge >= 0.3 is 14.0 Å². The third kappa shape index (κ3) is 5.89. The Morgan fingerprint density at radius 1 is 0.610 bits per heavy atom. The van der Waals surface area contributed by atoms with Crippen LogP contribution in [-0.2, 0) is 20.4 Å². The smallest absolute Gasteiger partial charge is 0.426 e. The van der Waals surface area contributed by atoms with Crippen molar-refractivity contribution < 1.29 is 14.0 Å². The Bertz CT molecular complexity index is 1220. The molecule has 2 heterocycles. The van der Waals surface area contributed by atoms with Crippen LogP contribution in [0.1, 0.15) is 80.7 Å². The summed E-state index contributed by atoms with van der Waals surface area (Å²) in [5, 5.41) is 0. The van der Waals surface area contributed by atoms with Crippen molar-refractivity contribution in [2.75, 3.05) is 4.90 Å². The molecule has 2 aliphatic rings. The summed E-state index contributed by atoms with van der Waals surface area (Å²) in [6.07, 6.45) is 4.54. The Balaban J connectivity index is 1.45. The third-order valence-corrected chi connectivity index (χ3v) is 9.98. The van der Waals surface area contributed by atoms with Crippen LogP contribution in [0.5, 0.6) is 0 Å². The molecule has 0 saturated carbocycles. The van der Waals surface area contributed by atoms with Crippen molar-refractivity contribution >= 4 is 42.0 Å². The molecule has 0 aromatic heterocycles. The first-order valence-corrected chi connectivity index (χ1v) is 15.4. The maximum absolute atomic E-state index is 6.52. The molecule has 0 amide bonds. The molecule has 3 aromatic carbocycles. The summed E-state index contributed by atoms with van der Waals surface area (Å²) in [6, 6.07) is 26.5. The molecule has 0 atom stereocenters. The average molecular weight is 551 g/mol. The van der Waals surface area contributed by atoms with Crippen molar-refractivity contribution in [1.29, 1.82) is 0 Å². The lowest BCUT2D eigenvalue weighted by molar-refractivity contribution is 0.00578. The predicted octanol–water partition coefficient (Wildman–Crippen LogP) is 7.83. The van der Waals surface area contributed by atoms with Gasteiger partial charge in [-0.15, -0.1) is 0 Å². The van der Waals surface area contributed by atoms with E-state index in [0.717, 1.165) is 35.3 Å². The maximum Gasteiger partial charge on any atom is 0.494 e. The van der Waals surface area contributed by atoms with Crippen molar-refractivity contribution in [3.05, 3.63) is 78.4 Å². The zero-order chi connectivity index (χ0) is 29.6. The molecule has 2 aliphatic heterocycles. The van der Waals surface area contributed by atoms with Crippen molar-refractivity contribution in [2.45, 2.75) is 105 Å². The predicted molar refractivity (Wildman–Crippen MR) is 175 cm³/mol. The molecule has 216 valence electrons. The summed E-state index contributed by atoms with van der Waals surface area (Å²) in [7, 11) is -0.375. The summed E-state index contributed by atoms with van der Waals surface area (Å²) < 4.78 is 19.1. The van der Waals surface area contributed by atoms with E-state index in [0.29, 0.717) is 0 Å². The quantitative estimate of drug-likeness (QED) is 0.267. The summed E-state index contributed by atoms with van der Waals surface area (Å²) in [5.41, 5.74) is 6.25. The summed E-state index contributed by atoms with van der Waals surface area (Å²) in [5.74, 6) is 0. The van der Waals surface area contributed by atoms with Gasteiger partial charge in [-0.2, -0.15) is 0 Å². The fourth-order valence-corrected chi connectivity index (χ4v) is 5.69. The van der Waals surface area contributed by atoms with Gasteiger partial charge in [0.05, 0.1) is 16.8 Å². The average Bonchev–Trinajstić information content (AvgIpc) is 3.28. The van der Waals surface area contributed by atoms with Gasteiger partial charge in [0.25, 0.3) is 0 Å². The number of benzene rings is 3. The van der Waals surface area contributed by atoms with Crippen LogP contribution in [0, 0.1) is 5.41 Å². The van der Waals surface area contributed by atoms with E-state index in [1.165, 1.54) is 23.9 Å². The second-order valence-corrected chi connectivity index (χ2v) is 14.1. The van der Waals surface area contributed by atoms with Crippen LogP contribution in [0.3, 0.4) is 0 Å². The topological polar surface area (TPSA) is 30.9 Å². The van der Waals surface area contributed by atoms with Gasteiger partial charge in [0, 0.05) is 17.1 Å². The van der Waals surface area contributed by atoms with Crippen molar-refractivity contribution in [2.24, 2.45) is 5.41 Å². The van der Waals surface area contributed by atoms with E-state index in [2.05, 4.69) is 140 Å². The molecule has 4 nitrogen and oxygen atoms in total. The van der Waals surface area contributed by atoms with E-state index in [-0.39, 0.29) is 36.3 Å². The Morgan fingerprint density at radius 2 is 1.07 bits per heavy atom. The number of rotatable bonds is 8. The fourth-order valence-electron chi connectivity index (χ4n) is 5.69. The molecular formula is C35H47B2NO3. The second-order valence-electron chi connectivity index (χ2n) is 14.1. The van der Waals surface area contributed by atoms with E-state index in [1.807, 2.05) is 0 Å². The van der Waals surface area contributed by atoms with Crippen LogP contribution in [0.2, 0.25) is 6.32 Å². The van der Waals surface area contributed by atoms with E-state index >= 15 is 0 Å². The second kappa shape index (κ2) is 10.9. The SMILES string of the molecule is CCCCc1ccc(N(c2ccc(B3CC(C)(C)C(C)(C)O3)cc2)c2ccc(B3OC(C)(C)C(C)(C)O3)cc2)cc1. The monoisotopic (exact) mass is 551 g/mol. The van der Waals surface area contributed by atoms with E-state index in [9.17, 15) is 0 Å². The molecule has 0 N–H and O–H groups in total. The first kappa shape index (κ1) is 29.9. The summed E-state index contributed by atoms with van der Waals surface area (Å²) in [4.78, 5) is 2.32. The minimum absolute atomic E-state index is 0.111. The number of unbranched alkanes of at least 4 members (excludes halogenated alkanes) is 1. The number of hydrogen-bond acceptors (Lipinski definition) is 4. The zero-order valence-corrected chi connectivity index (χ0v) is 26.6. The number of aryl methyl sites for hydroxylation is 1. The lowest BCUT2D eigenvalue weighted by Gasteiger charge is -2.34. The van der Waals surface area contributed by atoms with Crippen LogP contribution in [0.25, 0.3) is 0 Å². The van der Waals surface area contributed by atoms with Gasteiger partial charge in [0.1, 0.15) is 0 Å². The highest BCUT2D eigenvalue weighted by Crippen LogP contribution is 2.45. The lowest BCUT2D eigenvalue weighted by Crippen LogP contribution is -2.41. The van der Waals surface area contributed by atoms with Gasteiger partial charge in [-0.25, -0.2) is 0 Å². The third-order valence-electron chi connectivity index (χ3n) is 9.98. The van der Waals surface area contributed by atoms with Crippen LogP contribution < -0.4 is 15.8 Å². The molecule has 2 fully saturated rings. The highest BCUT2D eigenvalue weighted by Gasteiger charge is 2.52. The number of nitrogens with zero attached hydrogens (tertiary/aromatic N) is 1. The summed E-state index contributed by atoms with van der Waals surface area (Å²) >= 11 is 0. The van der Waals surface area contributed by atoms with Crippen molar-refractivity contribution in [3.63, 3.8) is 0 Å². The summed E-state index contributed by atoms with van der Waals surface area (Å²) in [6.45, 7) is 19.8. The van der Waals surface area contributed by atoms with Gasteiger partial charge in [0.2, 0.25) is 0 Å². The molecule has 41 heavy (non-hydrogen) atoms. The standard InChI is InChI=1S/C35H47B2NO3/c1-10-11-12-26-13-19-29(20-14-26)38(30-21-15-27(16-22-30)36-25-32(2,3)33(4,5)39-36)31-23-17-28(18-24-31)37-40-34(6,7)35(8,9)41-37/h13-24H,10-12,25H2,1-9H3. The van der Waals surface area contributed by atoms with Crippen LogP contribution in [0.15, 0.2) is 72.8 Å². The lowest BCUT2D eigenvalue weighted by atomic mass is 9.54. The van der Waals surface area contributed by atoms with Crippen LogP contribution in [0.4, 0.5) is 17.1 Å². The largest absolute Gasteiger partial charge is 0.494 e. The Kier molecular flexibility index (Phi) is 8.00. The zero-order valence-electron chi connectivity index (χ0n) is 26.6.